The lowest BCUT2D eigenvalue weighted by molar-refractivity contribution is -0.111. The first kappa shape index (κ1) is 22.2. The summed E-state index contributed by atoms with van der Waals surface area (Å²) in [7, 11) is 3.16. The standard InChI is InChI=1S/C24H22ClN5O3/c1-5-22(31)27-15-6-8-19-17(10-15)14(2)13-30(19)23-18(25)12-26-24(29-23)28-16-7-9-20(32-3)21(11-16)33-4/h5-13H,1H2,2-4H3,(H,27,31)(H,26,28,29). The van der Waals surface area contributed by atoms with Crippen molar-refractivity contribution < 1.29 is 14.3 Å². The molecule has 0 spiro atoms. The van der Waals surface area contributed by atoms with Crippen molar-refractivity contribution in [2.24, 2.45) is 0 Å². The fourth-order valence-electron chi connectivity index (χ4n) is 3.47. The van der Waals surface area contributed by atoms with E-state index in [0.717, 1.165) is 22.2 Å². The van der Waals surface area contributed by atoms with E-state index in [1.807, 2.05) is 42.0 Å². The maximum absolute atomic E-state index is 11.6. The van der Waals surface area contributed by atoms with Crippen molar-refractivity contribution in [1.82, 2.24) is 14.5 Å². The van der Waals surface area contributed by atoms with Gasteiger partial charge in [-0.15, -0.1) is 0 Å². The van der Waals surface area contributed by atoms with Gasteiger partial charge in [0, 0.05) is 29.0 Å². The molecule has 9 heteroatoms. The third-order valence-corrected chi connectivity index (χ3v) is 5.32. The van der Waals surface area contributed by atoms with Crippen molar-refractivity contribution in [2.75, 3.05) is 24.9 Å². The van der Waals surface area contributed by atoms with Gasteiger partial charge in [0.1, 0.15) is 5.02 Å². The number of nitrogens with one attached hydrogen (secondary N) is 2. The molecule has 168 valence electrons. The summed E-state index contributed by atoms with van der Waals surface area (Å²) < 4.78 is 12.5. The molecule has 0 saturated heterocycles. The second-order valence-corrected chi connectivity index (χ2v) is 7.57. The number of amides is 1. The summed E-state index contributed by atoms with van der Waals surface area (Å²) in [6.45, 7) is 5.46. The highest BCUT2D eigenvalue weighted by Crippen LogP contribution is 2.32. The Morgan fingerprint density at radius 3 is 2.61 bits per heavy atom. The van der Waals surface area contributed by atoms with Crippen molar-refractivity contribution in [3.8, 4) is 17.3 Å². The zero-order chi connectivity index (χ0) is 23.5. The van der Waals surface area contributed by atoms with Crippen molar-refractivity contribution in [3.63, 3.8) is 0 Å². The Kier molecular flexibility index (Phi) is 6.19. The van der Waals surface area contributed by atoms with Gasteiger partial charge < -0.3 is 20.1 Å². The number of hydrogen-bond donors (Lipinski definition) is 2. The fourth-order valence-corrected chi connectivity index (χ4v) is 3.65. The number of carbonyl (C=O) groups excluding carboxylic acids is 1. The number of ether oxygens (including phenoxy) is 2. The minimum Gasteiger partial charge on any atom is -0.493 e. The van der Waals surface area contributed by atoms with E-state index in [1.165, 1.54) is 6.08 Å². The highest BCUT2D eigenvalue weighted by molar-refractivity contribution is 6.32. The van der Waals surface area contributed by atoms with Crippen molar-refractivity contribution in [3.05, 3.63) is 72.0 Å². The van der Waals surface area contributed by atoms with Crippen LogP contribution in [0.1, 0.15) is 5.56 Å². The van der Waals surface area contributed by atoms with Crippen LogP contribution in [-0.2, 0) is 4.79 Å². The minimum atomic E-state index is -0.267. The lowest BCUT2D eigenvalue weighted by Gasteiger charge is -2.12. The van der Waals surface area contributed by atoms with E-state index in [-0.39, 0.29) is 5.91 Å². The second kappa shape index (κ2) is 9.22. The molecule has 8 nitrogen and oxygen atoms in total. The zero-order valence-corrected chi connectivity index (χ0v) is 19.1. The van der Waals surface area contributed by atoms with Crippen molar-refractivity contribution in [2.45, 2.75) is 6.92 Å². The molecule has 0 aliphatic rings. The number of aromatic nitrogens is 3. The van der Waals surface area contributed by atoms with Crippen molar-refractivity contribution >= 4 is 45.7 Å². The molecule has 33 heavy (non-hydrogen) atoms. The Balaban J connectivity index is 1.71. The number of halogens is 1. The molecule has 2 heterocycles. The number of hydrogen-bond acceptors (Lipinski definition) is 6. The SMILES string of the molecule is C=CC(=O)Nc1ccc2c(c1)c(C)cn2-c1nc(Nc2ccc(OC)c(OC)c2)ncc1Cl. The maximum Gasteiger partial charge on any atom is 0.247 e. The number of aryl methyl sites for hydroxylation is 1. The summed E-state index contributed by atoms with van der Waals surface area (Å²) in [6.07, 6.45) is 4.72. The van der Waals surface area contributed by atoms with Gasteiger partial charge >= 0.3 is 0 Å². The smallest absolute Gasteiger partial charge is 0.247 e. The third-order valence-electron chi connectivity index (χ3n) is 5.05. The van der Waals surface area contributed by atoms with Gasteiger partial charge in [0.2, 0.25) is 11.9 Å². The minimum absolute atomic E-state index is 0.267. The molecule has 0 atom stereocenters. The summed E-state index contributed by atoms with van der Waals surface area (Å²) in [6, 6.07) is 11.1. The Morgan fingerprint density at radius 1 is 1.12 bits per heavy atom. The predicted octanol–water partition coefficient (Wildman–Crippen LogP) is 5.27. The summed E-state index contributed by atoms with van der Waals surface area (Å²) >= 11 is 6.47. The summed E-state index contributed by atoms with van der Waals surface area (Å²) in [5.41, 5.74) is 3.31. The largest absolute Gasteiger partial charge is 0.493 e. The number of anilines is 3. The van der Waals surface area contributed by atoms with Crippen molar-refractivity contribution in [1.29, 1.82) is 0 Å². The molecule has 0 aliphatic carbocycles. The molecule has 0 fully saturated rings. The number of carbonyl (C=O) groups is 1. The number of benzene rings is 2. The summed E-state index contributed by atoms with van der Waals surface area (Å²) in [5, 5.41) is 7.31. The van der Waals surface area contributed by atoms with Crippen LogP contribution in [0.15, 0.2) is 61.4 Å². The number of nitrogens with zero attached hydrogens (tertiary/aromatic N) is 3. The maximum atomic E-state index is 11.6. The van der Waals surface area contributed by atoms with Crippen LogP contribution in [-0.4, -0.2) is 34.7 Å². The molecule has 1 amide bonds. The molecule has 4 aromatic rings. The third kappa shape index (κ3) is 4.47. The molecule has 0 aliphatic heterocycles. The van der Waals surface area contributed by atoms with Gasteiger partial charge in [-0.2, -0.15) is 4.98 Å². The van der Waals surface area contributed by atoms with Crippen LogP contribution < -0.4 is 20.1 Å². The molecule has 2 aromatic carbocycles. The highest BCUT2D eigenvalue weighted by Gasteiger charge is 2.14. The normalized spacial score (nSPS) is 10.7. The van der Waals surface area contributed by atoms with E-state index in [9.17, 15) is 4.79 Å². The predicted molar refractivity (Wildman–Crippen MR) is 130 cm³/mol. The molecule has 0 radical (unpaired) electrons. The van der Waals surface area contributed by atoms with Gasteiger partial charge in [-0.3, -0.25) is 9.36 Å². The Morgan fingerprint density at radius 2 is 1.88 bits per heavy atom. The van der Waals surface area contributed by atoms with Crippen LogP contribution in [0.5, 0.6) is 11.5 Å². The molecule has 2 N–H and O–H groups in total. The molecule has 4 rings (SSSR count). The monoisotopic (exact) mass is 463 g/mol. The lowest BCUT2D eigenvalue weighted by Crippen LogP contribution is -2.07. The average Bonchev–Trinajstić information content (AvgIpc) is 3.15. The van der Waals surface area contributed by atoms with E-state index in [0.29, 0.717) is 34.0 Å². The zero-order valence-electron chi connectivity index (χ0n) is 18.3. The van der Waals surface area contributed by atoms with E-state index in [2.05, 4.69) is 27.2 Å². The lowest BCUT2D eigenvalue weighted by atomic mass is 10.2. The van der Waals surface area contributed by atoms with Gasteiger partial charge in [-0.25, -0.2) is 4.98 Å². The first-order valence-corrected chi connectivity index (χ1v) is 10.4. The first-order chi connectivity index (χ1) is 15.9. The van der Waals surface area contributed by atoms with E-state index >= 15 is 0 Å². The summed E-state index contributed by atoms with van der Waals surface area (Å²) in [4.78, 5) is 20.6. The topological polar surface area (TPSA) is 90.3 Å². The van der Waals surface area contributed by atoms with Gasteiger partial charge in [-0.1, -0.05) is 18.2 Å². The fraction of sp³-hybridized carbons (Fsp3) is 0.125. The Labute approximate surface area is 195 Å². The van der Waals surface area contributed by atoms with Gasteiger partial charge in [0.15, 0.2) is 17.3 Å². The van der Waals surface area contributed by atoms with Gasteiger partial charge in [-0.05, 0) is 48.9 Å². The molecular formula is C24H22ClN5O3. The highest BCUT2D eigenvalue weighted by atomic mass is 35.5. The van der Waals surface area contributed by atoms with E-state index in [1.54, 1.807) is 32.5 Å². The Bertz CT molecular complexity index is 1370. The van der Waals surface area contributed by atoms with Crippen LogP contribution in [0.25, 0.3) is 16.7 Å². The average molecular weight is 464 g/mol. The van der Waals surface area contributed by atoms with E-state index in [4.69, 9.17) is 21.1 Å². The number of methoxy groups -OCH3 is 2. The molecule has 2 aromatic heterocycles. The van der Waals surface area contributed by atoms with Crippen LogP contribution in [0, 0.1) is 6.92 Å². The van der Waals surface area contributed by atoms with Gasteiger partial charge in [0.25, 0.3) is 0 Å². The quantitative estimate of drug-likeness (QED) is 0.363. The van der Waals surface area contributed by atoms with E-state index < -0.39 is 0 Å². The molecule has 0 unspecified atom stereocenters. The van der Waals surface area contributed by atoms with Crippen LogP contribution in [0.4, 0.5) is 17.3 Å². The number of fused-ring (bicyclic) bond motifs is 1. The van der Waals surface area contributed by atoms with Crippen LogP contribution in [0.2, 0.25) is 5.02 Å². The molecule has 0 bridgehead atoms. The van der Waals surface area contributed by atoms with Crippen LogP contribution >= 0.6 is 11.6 Å². The second-order valence-electron chi connectivity index (χ2n) is 7.17. The summed E-state index contributed by atoms with van der Waals surface area (Å²) in [5.74, 6) is 1.84. The molecule has 0 saturated carbocycles. The number of rotatable bonds is 7. The van der Waals surface area contributed by atoms with Crippen LogP contribution in [0.3, 0.4) is 0 Å². The first-order valence-electron chi connectivity index (χ1n) is 10.0. The molecular weight excluding hydrogens is 442 g/mol. The van der Waals surface area contributed by atoms with Gasteiger partial charge in [0.05, 0.1) is 25.9 Å². The Hall–Kier alpha value is -4.04.